The molecule has 0 aliphatic carbocycles. The van der Waals surface area contributed by atoms with Crippen LogP contribution in [-0.2, 0) is 14.0 Å². The van der Waals surface area contributed by atoms with Crippen molar-refractivity contribution in [3.8, 4) is 0 Å². The van der Waals surface area contributed by atoms with Gasteiger partial charge in [0.1, 0.15) is 6.35 Å². The number of ether oxygens (including phenoxy) is 2. The van der Waals surface area contributed by atoms with Gasteiger partial charge in [0.15, 0.2) is 0 Å². The van der Waals surface area contributed by atoms with Crippen molar-refractivity contribution in [3.05, 3.63) is 34.9 Å². The maximum absolute atomic E-state index is 14.1. The molecule has 0 aromatic heterocycles. The largest absolute Gasteiger partial charge is 0.370 e. The smallest absolute Gasteiger partial charge is 0.241 e. The van der Waals surface area contributed by atoms with Crippen LogP contribution >= 0.6 is 7.44 Å². The number of nitrogens with zero attached hydrogens (tertiary/aromatic N) is 4. The highest BCUT2D eigenvalue weighted by Crippen LogP contribution is 2.51. The Morgan fingerprint density at radius 3 is 2.12 bits per heavy atom. The second-order valence-corrected chi connectivity index (χ2v) is 16.3. The van der Waals surface area contributed by atoms with E-state index in [1.165, 1.54) is 16.7 Å². The molecule has 3 unspecified atom stereocenters. The highest BCUT2D eigenvalue weighted by atomic mass is 31.2. The molecule has 2 aliphatic heterocycles. The van der Waals surface area contributed by atoms with Gasteiger partial charge in [-0.1, -0.05) is 34.9 Å². The fourth-order valence-electron chi connectivity index (χ4n) is 5.29. The maximum atomic E-state index is 14.1. The van der Waals surface area contributed by atoms with Crippen molar-refractivity contribution < 1.29 is 14.0 Å². The van der Waals surface area contributed by atoms with E-state index in [0.29, 0.717) is 6.61 Å². The van der Waals surface area contributed by atoms with Gasteiger partial charge in [0, 0.05) is 51.4 Å². The molecule has 2 fully saturated rings. The molecular formula is C32H61N4O3P. The van der Waals surface area contributed by atoms with Gasteiger partial charge in [-0.15, -0.1) is 0 Å². The van der Waals surface area contributed by atoms with Crippen molar-refractivity contribution in [1.82, 2.24) is 19.1 Å². The standard InChI is InChI=1S/C32H61N4O3P/c1-27(2)13-11-14-28(3)15-12-16-29(4)17-18-34-19-21-36(22-20-34)40(37,33(9)10)26-38-25-31-24-35(32(6,7)8)23-30(5)39-31/h13,15,17,30-31H,11-12,14,16,18-26H2,1-10H3/b28-15+,29-17+. The number of allylic oxidation sites excluding steroid dienone is 5. The average Bonchev–Trinajstić information content (AvgIpc) is 2.86. The molecule has 0 saturated carbocycles. The lowest BCUT2D eigenvalue weighted by Gasteiger charge is -2.44. The van der Waals surface area contributed by atoms with Gasteiger partial charge < -0.3 is 9.47 Å². The highest BCUT2D eigenvalue weighted by molar-refractivity contribution is 7.58. The zero-order chi connectivity index (χ0) is 29.9. The first kappa shape index (κ1) is 35.4. The fourth-order valence-corrected chi connectivity index (χ4v) is 7.34. The first-order chi connectivity index (χ1) is 18.7. The number of piperazine rings is 1. The van der Waals surface area contributed by atoms with Crippen molar-refractivity contribution in [2.24, 2.45) is 0 Å². The minimum absolute atomic E-state index is 0.00680. The van der Waals surface area contributed by atoms with E-state index in [9.17, 15) is 4.57 Å². The third-order valence-corrected chi connectivity index (χ3v) is 11.1. The molecule has 0 radical (unpaired) electrons. The van der Waals surface area contributed by atoms with Crippen molar-refractivity contribution >= 4 is 7.44 Å². The molecule has 232 valence electrons. The van der Waals surface area contributed by atoms with Crippen LogP contribution in [0.3, 0.4) is 0 Å². The average molecular weight is 581 g/mol. The number of morpholine rings is 1. The summed E-state index contributed by atoms with van der Waals surface area (Å²) in [6.07, 6.45) is 12.0. The highest BCUT2D eigenvalue weighted by Gasteiger charge is 2.37. The van der Waals surface area contributed by atoms with Crippen LogP contribution in [-0.4, -0.2) is 110 Å². The molecule has 2 aliphatic rings. The van der Waals surface area contributed by atoms with Gasteiger partial charge in [-0.05, 0) is 95.2 Å². The van der Waals surface area contributed by atoms with Gasteiger partial charge in [-0.2, -0.15) is 0 Å². The molecule has 0 amide bonds. The molecule has 7 nitrogen and oxygen atoms in total. The molecule has 0 aromatic rings. The van der Waals surface area contributed by atoms with Gasteiger partial charge in [0.05, 0.1) is 18.8 Å². The van der Waals surface area contributed by atoms with Crippen molar-refractivity contribution in [2.75, 3.05) is 72.9 Å². The van der Waals surface area contributed by atoms with E-state index >= 15 is 0 Å². The molecule has 2 rings (SSSR count). The topological polar surface area (TPSA) is 48.5 Å². The zero-order valence-electron chi connectivity index (χ0n) is 27.5. The van der Waals surface area contributed by atoms with E-state index in [-0.39, 0.29) is 24.1 Å². The third kappa shape index (κ3) is 12.2. The maximum Gasteiger partial charge on any atom is 0.241 e. The molecule has 0 bridgehead atoms. The Morgan fingerprint density at radius 2 is 1.55 bits per heavy atom. The molecule has 8 heteroatoms. The van der Waals surface area contributed by atoms with Crippen molar-refractivity contribution in [3.63, 3.8) is 0 Å². The van der Waals surface area contributed by atoms with Gasteiger partial charge in [0.2, 0.25) is 7.44 Å². The molecule has 0 spiro atoms. The Labute approximate surface area is 247 Å². The SMILES string of the molecule is CC(C)=CCC/C(C)=C/CC/C(C)=C/CN1CCN(P(=O)(COCC2CN(C(C)(C)C)CC(C)O2)N(C)C)CC1. The van der Waals surface area contributed by atoms with Gasteiger partial charge in [0.25, 0.3) is 0 Å². The van der Waals surface area contributed by atoms with Crippen LogP contribution < -0.4 is 0 Å². The minimum atomic E-state index is -2.78. The molecular weight excluding hydrogens is 519 g/mol. The van der Waals surface area contributed by atoms with Crippen LogP contribution in [0.1, 0.15) is 81.1 Å². The van der Waals surface area contributed by atoms with E-state index in [0.717, 1.165) is 71.5 Å². The Balaban J connectivity index is 1.78. The second-order valence-electron chi connectivity index (χ2n) is 13.4. The molecule has 0 N–H and O–H groups in total. The predicted molar refractivity (Wildman–Crippen MR) is 171 cm³/mol. The summed E-state index contributed by atoms with van der Waals surface area (Å²) in [6.45, 7) is 24.3. The van der Waals surface area contributed by atoms with Crippen LogP contribution in [0.25, 0.3) is 0 Å². The van der Waals surface area contributed by atoms with Crippen LogP contribution in [0.2, 0.25) is 0 Å². The Bertz CT molecular complexity index is 896. The first-order valence-corrected chi connectivity index (χ1v) is 17.2. The van der Waals surface area contributed by atoms with Gasteiger partial charge in [-0.25, -0.2) is 9.34 Å². The lowest BCUT2D eigenvalue weighted by atomic mass is 10.0. The number of rotatable bonds is 14. The minimum Gasteiger partial charge on any atom is -0.370 e. The van der Waals surface area contributed by atoms with Gasteiger partial charge >= 0.3 is 0 Å². The lowest BCUT2D eigenvalue weighted by Crippen LogP contribution is -2.55. The summed E-state index contributed by atoms with van der Waals surface area (Å²) in [4.78, 5) is 4.93. The van der Waals surface area contributed by atoms with Crippen molar-refractivity contribution in [2.45, 2.75) is 98.8 Å². The Morgan fingerprint density at radius 1 is 0.950 bits per heavy atom. The normalized spacial score (nSPS) is 24.4. The van der Waals surface area contributed by atoms with Gasteiger partial charge in [-0.3, -0.25) is 14.4 Å². The molecule has 2 saturated heterocycles. The van der Waals surface area contributed by atoms with Crippen molar-refractivity contribution in [1.29, 1.82) is 0 Å². The summed E-state index contributed by atoms with van der Waals surface area (Å²) in [6, 6.07) is 0. The van der Waals surface area contributed by atoms with Crippen LogP contribution in [0.5, 0.6) is 0 Å². The summed E-state index contributed by atoms with van der Waals surface area (Å²) in [5, 5.41) is 0. The number of hydrogen-bond donors (Lipinski definition) is 0. The summed E-state index contributed by atoms with van der Waals surface area (Å²) in [5.41, 5.74) is 4.44. The Kier molecular flexibility index (Phi) is 14.8. The summed E-state index contributed by atoms with van der Waals surface area (Å²) in [5.74, 6) is 0. The van der Waals surface area contributed by atoms with Crippen LogP contribution in [0.4, 0.5) is 0 Å². The summed E-state index contributed by atoms with van der Waals surface area (Å²) in [7, 11) is 1.06. The quantitative estimate of drug-likeness (QED) is 0.169. The lowest BCUT2D eigenvalue weighted by molar-refractivity contribution is -0.122. The monoisotopic (exact) mass is 580 g/mol. The van der Waals surface area contributed by atoms with E-state index in [4.69, 9.17) is 9.47 Å². The van der Waals surface area contributed by atoms with E-state index in [1.807, 2.05) is 18.8 Å². The van der Waals surface area contributed by atoms with E-state index in [2.05, 4.69) is 88.1 Å². The number of hydrogen-bond acceptors (Lipinski definition) is 5. The van der Waals surface area contributed by atoms with E-state index < -0.39 is 7.44 Å². The predicted octanol–water partition coefficient (Wildman–Crippen LogP) is 6.64. The molecule has 40 heavy (non-hydrogen) atoms. The van der Waals surface area contributed by atoms with Crippen LogP contribution in [0.15, 0.2) is 34.9 Å². The Hall–Kier alpha value is -0.790. The van der Waals surface area contributed by atoms with E-state index in [1.54, 1.807) is 0 Å². The summed E-state index contributed by atoms with van der Waals surface area (Å²) < 4.78 is 30.4. The molecule has 2 heterocycles. The fraction of sp³-hybridized carbons (Fsp3) is 0.812. The van der Waals surface area contributed by atoms with Crippen LogP contribution in [0, 0.1) is 0 Å². The summed E-state index contributed by atoms with van der Waals surface area (Å²) >= 11 is 0. The molecule has 0 aromatic carbocycles. The first-order valence-electron chi connectivity index (χ1n) is 15.4. The molecule has 3 atom stereocenters. The third-order valence-electron chi connectivity index (χ3n) is 8.07. The zero-order valence-corrected chi connectivity index (χ0v) is 28.4. The second kappa shape index (κ2) is 16.7.